The van der Waals surface area contributed by atoms with E-state index in [-0.39, 0.29) is 6.04 Å². The molecule has 1 aromatic carbocycles. The van der Waals surface area contributed by atoms with Gasteiger partial charge in [0.05, 0.1) is 36.8 Å². The topological polar surface area (TPSA) is 47.0 Å². The lowest BCUT2D eigenvalue weighted by atomic mass is 10.0. The van der Waals surface area contributed by atoms with E-state index < -0.39 is 0 Å². The quantitative estimate of drug-likeness (QED) is 0.870. The predicted molar refractivity (Wildman–Crippen MR) is 73.0 cm³/mol. The molecule has 96 valence electrons. The highest BCUT2D eigenvalue weighted by molar-refractivity contribution is 6.99. The minimum absolute atomic E-state index is 0.0822. The van der Waals surface area contributed by atoms with Crippen molar-refractivity contribution in [1.82, 2.24) is 14.1 Å². The van der Waals surface area contributed by atoms with E-state index in [0.717, 1.165) is 30.0 Å². The number of methoxy groups -OCH3 is 1. The van der Waals surface area contributed by atoms with Crippen molar-refractivity contribution in [1.29, 1.82) is 0 Å². The summed E-state index contributed by atoms with van der Waals surface area (Å²) >= 11 is 1.23. The van der Waals surface area contributed by atoms with E-state index >= 15 is 0 Å². The Morgan fingerprint density at radius 1 is 1.44 bits per heavy atom. The second kappa shape index (κ2) is 6.47. The molecule has 0 spiro atoms. The SMILES string of the molecule is CCCNC(c1cccc(OC)c1)c1cnsn1. The molecule has 1 unspecified atom stereocenters. The number of hydrogen-bond donors (Lipinski definition) is 1. The lowest BCUT2D eigenvalue weighted by molar-refractivity contribution is 0.413. The Labute approximate surface area is 111 Å². The molecule has 0 fully saturated rings. The highest BCUT2D eigenvalue weighted by atomic mass is 32.1. The van der Waals surface area contributed by atoms with Gasteiger partial charge in [-0.2, -0.15) is 8.75 Å². The average Bonchev–Trinajstić information content (AvgIpc) is 2.93. The number of nitrogens with zero attached hydrogens (tertiary/aromatic N) is 2. The van der Waals surface area contributed by atoms with Gasteiger partial charge in [-0.05, 0) is 30.7 Å². The van der Waals surface area contributed by atoms with Gasteiger partial charge in [0.1, 0.15) is 5.75 Å². The molecule has 2 aromatic rings. The summed E-state index contributed by atoms with van der Waals surface area (Å²) in [6, 6.07) is 8.13. The first-order valence-corrected chi connectivity index (χ1v) is 6.73. The molecule has 0 aliphatic rings. The normalized spacial score (nSPS) is 12.3. The third-order valence-corrected chi connectivity index (χ3v) is 3.19. The summed E-state index contributed by atoms with van der Waals surface area (Å²) in [6.07, 6.45) is 2.90. The fourth-order valence-electron chi connectivity index (χ4n) is 1.80. The van der Waals surface area contributed by atoms with Crippen molar-refractivity contribution in [2.75, 3.05) is 13.7 Å². The standard InChI is InChI=1S/C13H17N3OS/c1-3-7-14-13(12-9-15-18-16-12)10-5-4-6-11(8-10)17-2/h4-6,8-9,13-14H,3,7H2,1-2H3. The Hall–Kier alpha value is -1.46. The highest BCUT2D eigenvalue weighted by Gasteiger charge is 2.16. The fourth-order valence-corrected chi connectivity index (χ4v) is 2.25. The summed E-state index contributed by atoms with van der Waals surface area (Å²) < 4.78 is 13.7. The molecule has 5 heteroatoms. The zero-order valence-electron chi connectivity index (χ0n) is 10.6. The lowest BCUT2D eigenvalue weighted by Crippen LogP contribution is -2.23. The predicted octanol–water partition coefficient (Wildman–Crippen LogP) is 2.64. The van der Waals surface area contributed by atoms with Crippen molar-refractivity contribution in [3.05, 3.63) is 41.7 Å². The molecule has 0 saturated heterocycles. The zero-order valence-corrected chi connectivity index (χ0v) is 11.4. The number of benzene rings is 1. The van der Waals surface area contributed by atoms with Gasteiger partial charge in [0, 0.05) is 0 Å². The molecular formula is C13H17N3OS. The Kier molecular flexibility index (Phi) is 4.66. The van der Waals surface area contributed by atoms with Crippen LogP contribution in [0.2, 0.25) is 0 Å². The summed E-state index contributed by atoms with van der Waals surface area (Å²) in [6.45, 7) is 3.09. The molecule has 1 aromatic heterocycles. The Morgan fingerprint density at radius 2 is 2.33 bits per heavy atom. The monoisotopic (exact) mass is 263 g/mol. The molecule has 2 rings (SSSR count). The number of nitrogens with one attached hydrogen (secondary N) is 1. The Balaban J connectivity index is 2.27. The smallest absolute Gasteiger partial charge is 0.119 e. The van der Waals surface area contributed by atoms with Gasteiger partial charge in [-0.1, -0.05) is 19.1 Å². The second-order valence-corrected chi connectivity index (χ2v) is 4.55. The van der Waals surface area contributed by atoms with E-state index in [1.807, 2.05) is 24.4 Å². The van der Waals surface area contributed by atoms with E-state index in [9.17, 15) is 0 Å². The maximum absolute atomic E-state index is 5.27. The molecule has 0 amide bonds. The van der Waals surface area contributed by atoms with E-state index in [0.29, 0.717) is 0 Å². The van der Waals surface area contributed by atoms with Gasteiger partial charge in [0.25, 0.3) is 0 Å². The van der Waals surface area contributed by atoms with E-state index in [2.05, 4.69) is 27.1 Å². The van der Waals surface area contributed by atoms with Crippen LogP contribution in [0.25, 0.3) is 0 Å². The summed E-state index contributed by atoms with van der Waals surface area (Å²) in [4.78, 5) is 0. The molecule has 0 radical (unpaired) electrons. The minimum Gasteiger partial charge on any atom is -0.497 e. The summed E-state index contributed by atoms with van der Waals surface area (Å²) in [5.41, 5.74) is 2.11. The number of rotatable bonds is 6. The Bertz CT molecular complexity index is 473. The first kappa shape index (κ1) is 13.0. The minimum atomic E-state index is 0.0822. The van der Waals surface area contributed by atoms with Crippen LogP contribution in [0.5, 0.6) is 5.75 Å². The van der Waals surface area contributed by atoms with Gasteiger partial charge in [0.2, 0.25) is 0 Å². The van der Waals surface area contributed by atoms with Gasteiger partial charge < -0.3 is 10.1 Å². The van der Waals surface area contributed by atoms with E-state index in [1.165, 1.54) is 11.7 Å². The average molecular weight is 263 g/mol. The van der Waals surface area contributed by atoms with Crippen LogP contribution in [0.1, 0.15) is 30.6 Å². The van der Waals surface area contributed by atoms with Gasteiger partial charge in [-0.15, -0.1) is 0 Å². The molecular weight excluding hydrogens is 246 g/mol. The van der Waals surface area contributed by atoms with Crippen LogP contribution in [0.3, 0.4) is 0 Å². The van der Waals surface area contributed by atoms with Crippen LogP contribution >= 0.6 is 11.7 Å². The summed E-state index contributed by atoms with van der Waals surface area (Å²) in [5, 5.41) is 3.49. The van der Waals surface area contributed by atoms with Crippen LogP contribution in [0, 0.1) is 0 Å². The lowest BCUT2D eigenvalue weighted by Gasteiger charge is -2.17. The van der Waals surface area contributed by atoms with Crippen LogP contribution in [0.4, 0.5) is 0 Å². The number of aromatic nitrogens is 2. The van der Waals surface area contributed by atoms with Crippen molar-refractivity contribution < 1.29 is 4.74 Å². The van der Waals surface area contributed by atoms with Gasteiger partial charge >= 0.3 is 0 Å². The van der Waals surface area contributed by atoms with E-state index in [1.54, 1.807) is 7.11 Å². The largest absolute Gasteiger partial charge is 0.497 e. The first-order chi connectivity index (χ1) is 8.85. The molecule has 0 aliphatic carbocycles. The second-order valence-electron chi connectivity index (χ2n) is 4.00. The molecule has 0 bridgehead atoms. The summed E-state index contributed by atoms with van der Waals surface area (Å²) in [7, 11) is 1.68. The maximum atomic E-state index is 5.27. The van der Waals surface area contributed by atoms with Crippen molar-refractivity contribution >= 4 is 11.7 Å². The number of ether oxygens (including phenoxy) is 1. The fraction of sp³-hybridized carbons (Fsp3) is 0.385. The molecule has 4 nitrogen and oxygen atoms in total. The van der Waals surface area contributed by atoms with E-state index in [4.69, 9.17) is 4.74 Å². The first-order valence-electron chi connectivity index (χ1n) is 6.00. The molecule has 1 heterocycles. The maximum Gasteiger partial charge on any atom is 0.119 e. The highest BCUT2D eigenvalue weighted by Crippen LogP contribution is 2.24. The third kappa shape index (κ3) is 3.05. The van der Waals surface area contributed by atoms with Gasteiger partial charge in [-0.25, -0.2) is 0 Å². The number of hydrogen-bond acceptors (Lipinski definition) is 5. The van der Waals surface area contributed by atoms with Crippen LogP contribution in [-0.2, 0) is 0 Å². The Morgan fingerprint density at radius 3 is 3.00 bits per heavy atom. The zero-order chi connectivity index (χ0) is 12.8. The van der Waals surface area contributed by atoms with Crippen LogP contribution < -0.4 is 10.1 Å². The summed E-state index contributed by atoms with van der Waals surface area (Å²) in [5.74, 6) is 0.860. The van der Waals surface area contributed by atoms with Crippen molar-refractivity contribution in [3.8, 4) is 5.75 Å². The molecule has 1 N–H and O–H groups in total. The van der Waals surface area contributed by atoms with Crippen molar-refractivity contribution in [3.63, 3.8) is 0 Å². The molecule has 18 heavy (non-hydrogen) atoms. The molecule has 1 atom stereocenters. The van der Waals surface area contributed by atoms with Gasteiger partial charge in [0.15, 0.2) is 0 Å². The van der Waals surface area contributed by atoms with Crippen molar-refractivity contribution in [2.45, 2.75) is 19.4 Å². The van der Waals surface area contributed by atoms with Gasteiger partial charge in [-0.3, -0.25) is 0 Å². The molecule has 0 aliphatic heterocycles. The molecule has 0 saturated carbocycles. The van der Waals surface area contributed by atoms with Crippen LogP contribution in [0.15, 0.2) is 30.5 Å². The van der Waals surface area contributed by atoms with Crippen LogP contribution in [-0.4, -0.2) is 22.4 Å². The van der Waals surface area contributed by atoms with Crippen molar-refractivity contribution in [2.24, 2.45) is 0 Å². The third-order valence-electron chi connectivity index (χ3n) is 2.70.